The van der Waals surface area contributed by atoms with Gasteiger partial charge in [-0.2, -0.15) is 0 Å². The minimum atomic E-state index is 0.463. The van der Waals surface area contributed by atoms with Crippen LogP contribution in [0.15, 0.2) is 188 Å². The SMILES string of the molecule is [C-]#[N+]c1cc(-n2c3ccccc3c3cc(-c4c(C)cc(C)cc4C)ccc32)c(-n2c3ccccc3c3cc(-c4c(C)cc(C)cc4C)ccc32)cc1-c1nc(-c2ccccc2)cc(-c2ccccc2)n1. The highest BCUT2D eigenvalue weighted by Gasteiger charge is 2.25. The lowest BCUT2D eigenvalue weighted by molar-refractivity contribution is 1.09. The van der Waals surface area contributed by atoms with Crippen LogP contribution in [0.5, 0.6) is 0 Å². The molecule has 0 aliphatic carbocycles. The second-order valence-electron chi connectivity index (χ2n) is 18.9. The Labute approximate surface area is 408 Å². The molecule has 0 saturated carbocycles. The van der Waals surface area contributed by atoms with Crippen LogP contribution in [0.1, 0.15) is 33.4 Å². The molecule has 0 spiro atoms. The molecule has 0 atom stereocenters. The van der Waals surface area contributed by atoms with Gasteiger partial charge in [-0.25, -0.2) is 14.8 Å². The number of aryl methyl sites for hydroxylation is 6. The van der Waals surface area contributed by atoms with Gasteiger partial charge in [0.15, 0.2) is 5.69 Å². The molecule has 0 fully saturated rings. The van der Waals surface area contributed by atoms with Gasteiger partial charge in [0.2, 0.25) is 0 Å². The van der Waals surface area contributed by atoms with Gasteiger partial charge in [0.1, 0.15) is 5.82 Å². The number of rotatable bonds is 7. The number of benzene rings is 9. The van der Waals surface area contributed by atoms with Gasteiger partial charge in [0.05, 0.1) is 51.4 Å². The predicted octanol–water partition coefficient (Wildman–Crippen LogP) is 17.4. The normalized spacial score (nSPS) is 11.6. The van der Waals surface area contributed by atoms with Gasteiger partial charge in [-0.1, -0.05) is 145 Å². The van der Waals surface area contributed by atoms with E-state index in [2.05, 4.69) is 207 Å². The molecular formula is C65H49N5. The molecule has 0 unspecified atom stereocenters. The first kappa shape index (κ1) is 42.5. The fourth-order valence-corrected chi connectivity index (χ4v) is 11.3. The van der Waals surface area contributed by atoms with E-state index in [0.717, 1.165) is 77.5 Å². The maximum atomic E-state index is 8.91. The molecule has 0 radical (unpaired) electrons. The lowest BCUT2D eigenvalue weighted by atomic mass is 9.93. The van der Waals surface area contributed by atoms with E-state index in [1.54, 1.807) is 0 Å². The summed E-state index contributed by atoms with van der Waals surface area (Å²) in [5.41, 5.74) is 23.1. The van der Waals surface area contributed by atoms with E-state index >= 15 is 0 Å². The van der Waals surface area contributed by atoms with Gasteiger partial charge in [-0.05, 0) is 141 Å². The maximum Gasteiger partial charge on any atom is 0.200 e. The van der Waals surface area contributed by atoms with Crippen LogP contribution in [0.25, 0.3) is 116 Å². The zero-order valence-corrected chi connectivity index (χ0v) is 40.1. The minimum Gasteiger partial charge on any atom is -0.308 e. The quantitative estimate of drug-likeness (QED) is 0.150. The summed E-state index contributed by atoms with van der Waals surface area (Å²) in [7, 11) is 0. The summed E-state index contributed by atoms with van der Waals surface area (Å²) < 4.78 is 4.75. The largest absolute Gasteiger partial charge is 0.308 e. The molecule has 0 amide bonds. The lowest BCUT2D eigenvalue weighted by Gasteiger charge is -2.20. The molecule has 5 nitrogen and oxygen atoms in total. The van der Waals surface area contributed by atoms with E-state index in [1.807, 2.05) is 36.4 Å². The van der Waals surface area contributed by atoms with Crippen molar-refractivity contribution in [1.29, 1.82) is 0 Å². The van der Waals surface area contributed by atoms with Crippen molar-refractivity contribution >= 4 is 49.3 Å². The van der Waals surface area contributed by atoms with Crippen molar-refractivity contribution in [2.75, 3.05) is 0 Å². The number of aromatic nitrogens is 4. The monoisotopic (exact) mass is 899 g/mol. The second-order valence-corrected chi connectivity index (χ2v) is 18.9. The van der Waals surface area contributed by atoms with Gasteiger partial charge in [-0.15, -0.1) is 0 Å². The van der Waals surface area contributed by atoms with Crippen LogP contribution >= 0.6 is 0 Å². The number of hydrogen-bond acceptors (Lipinski definition) is 2. The Morgan fingerprint density at radius 1 is 0.371 bits per heavy atom. The molecule has 0 aliphatic heterocycles. The molecule has 3 aromatic heterocycles. The number of nitrogens with zero attached hydrogens (tertiary/aromatic N) is 5. The molecule has 12 rings (SSSR count). The maximum absolute atomic E-state index is 8.91. The number of fused-ring (bicyclic) bond motifs is 6. The molecule has 70 heavy (non-hydrogen) atoms. The molecule has 0 saturated heterocycles. The lowest BCUT2D eigenvalue weighted by Crippen LogP contribution is -2.05. The summed E-state index contributed by atoms with van der Waals surface area (Å²) in [6.45, 7) is 22.1. The zero-order valence-electron chi connectivity index (χ0n) is 40.1. The van der Waals surface area contributed by atoms with Crippen LogP contribution in [-0.2, 0) is 0 Å². The first-order valence-electron chi connectivity index (χ1n) is 23.9. The average Bonchev–Trinajstić information content (AvgIpc) is 3.88. The van der Waals surface area contributed by atoms with Crippen LogP contribution in [-0.4, -0.2) is 19.1 Å². The molecule has 12 aromatic rings. The highest BCUT2D eigenvalue weighted by Crippen LogP contribution is 2.45. The smallest absolute Gasteiger partial charge is 0.200 e. The highest BCUT2D eigenvalue weighted by atomic mass is 15.1. The Balaban J connectivity index is 1.19. The van der Waals surface area contributed by atoms with Gasteiger partial charge in [0.25, 0.3) is 0 Å². The van der Waals surface area contributed by atoms with Gasteiger partial charge in [-0.3, -0.25) is 0 Å². The first-order chi connectivity index (χ1) is 34.1. The Kier molecular flexibility index (Phi) is 10.2. The summed E-state index contributed by atoms with van der Waals surface area (Å²) in [6, 6.07) is 67.0. The standard InChI is InChI=1S/C65H49N5/c1-39-30-41(3)63(42(4)31-39)47-26-28-59-51(34-47)49-22-14-16-24-57(49)69(59)61-36-53(65-67-54(45-18-10-8-11-19-45)37-55(68-65)46-20-12-9-13-21-46)56(66-7)38-62(61)70-58-25-17-15-23-50(58)52-35-48(27-29-60(52)70)64-43(5)32-40(2)33-44(64)6/h8-38H,1-6H3. The molecular weight excluding hydrogens is 851 g/mol. The zero-order chi connectivity index (χ0) is 47.8. The highest BCUT2D eigenvalue weighted by molar-refractivity contribution is 6.13. The molecule has 334 valence electrons. The van der Waals surface area contributed by atoms with Crippen LogP contribution < -0.4 is 0 Å². The van der Waals surface area contributed by atoms with Gasteiger partial charge in [0, 0.05) is 38.2 Å². The summed E-state index contributed by atoms with van der Waals surface area (Å²) in [4.78, 5) is 14.9. The fourth-order valence-electron chi connectivity index (χ4n) is 11.3. The third-order valence-electron chi connectivity index (χ3n) is 14.1. The number of para-hydroxylation sites is 2. The van der Waals surface area contributed by atoms with Crippen LogP contribution in [0, 0.1) is 48.1 Å². The summed E-state index contributed by atoms with van der Waals surface area (Å²) in [5.74, 6) is 0.489. The number of hydrogen-bond donors (Lipinski definition) is 0. The van der Waals surface area contributed by atoms with Gasteiger partial charge < -0.3 is 9.13 Å². The van der Waals surface area contributed by atoms with E-state index < -0.39 is 0 Å². The Hall–Kier alpha value is -8.85. The first-order valence-corrected chi connectivity index (χ1v) is 23.9. The van der Waals surface area contributed by atoms with Crippen molar-refractivity contribution in [3.05, 3.63) is 233 Å². The van der Waals surface area contributed by atoms with Crippen LogP contribution in [0.2, 0.25) is 0 Å². The third kappa shape index (κ3) is 6.99. The molecule has 5 heteroatoms. The Morgan fingerprint density at radius 3 is 1.21 bits per heavy atom. The van der Waals surface area contributed by atoms with Gasteiger partial charge >= 0.3 is 0 Å². The average molecular weight is 900 g/mol. The van der Waals surface area contributed by atoms with E-state index in [4.69, 9.17) is 16.5 Å². The van der Waals surface area contributed by atoms with Crippen molar-refractivity contribution in [3.63, 3.8) is 0 Å². The molecule has 9 aromatic carbocycles. The molecule has 0 bridgehead atoms. The van der Waals surface area contributed by atoms with Crippen molar-refractivity contribution in [1.82, 2.24) is 19.1 Å². The van der Waals surface area contributed by atoms with E-state index in [9.17, 15) is 0 Å². The molecule has 0 aliphatic rings. The minimum absolute atomic E-state index is 0.463. The van der Waals surface area contributed by atoms with E-state index in [0.29, 0.717) is 17.1 Å². The van der Waals surface area contributed by atoms with Crippen molar-refractivity contribution in [2.45, 2.75) is 41.5 Å². The summed E-state index contributed by atoms with van der Waals surface area (Å²) in [5, 5.41) is 4.59. The molecule has 0 N–H and O–H groups in total. The van der Waals surface area contributed by atoms with Crippen LogP contribution in [0.4, 0.5) is 5.69 Å². The Bertz CT molecular complexity index is 4020. The third-order valence-corrected chi connectivity index (χ3v) is 14.1. The predicted molar refractivity (Wildman–Crippen MR) is 293 cm³/mol. The summed E-state index contributed by atoms with van der Waals surface area (Å²) in [6.07, 6.45) is 0. The van der Waals surface area contributed by atoms with Crippen molar-refractivity contribution in [3.8, 4) is 67.5 Å². The fraction of sp³-hybridized carbons (Fsp3) is 0.0923. The van der Waals surface area contributed by atoms with Crippen molar-refractivity contribution in [2.24, 2.45) is 0 Å². The van der Waals surface area contributed by atoms with Crippen LogP contribution in [0.3, 0.4) is 0 Å². The Morgan fingerprint density at radius 2 is 0.771 bits per heavy atom. The topological polar surface area (TPSA) is 40.0 Å². The second kappa shape index (κ2) is 16.7. The van der Waals surface area contributed by atoms with Crippen molar-refractivity contribution < 1.29 is 0 Å². The van der Waals surface area contributed by atoms with E-state index in [-0.39, 0.29) is 0 Å². The van der Waals surface area contributed by atoms with E-state index in [1.165, 1.54) is 55.6 Å². The molecule has 3 heterocycles. The summed E-state index contributed by atoms with van der Waals surface area (Å²) >= 11 is 0.